The fraction of sp³-hybridized carbons (Fsp3) is 0.267. The summed E-state index contributed by atoms with van der Waals surface area (Å²) in [5.41, 5.74) is 1.91. The molecule has 2 aromatic heterocycles. The summed E-state index contributed by atoms with van der Waals surface area (Å²) in [6.07, 6.45) is 3.57. The third-order valence-electron chi connectivity index (χ3n) is 3.36. The Morgan fingerprint density at radius 1 is 1.20 bits per heavy atom. The quantitative estimate of drug-likeness (QED) is 0.788. The van der Waals surface area contributed by atoms with Gasteiger partial charge in [0.1, 0.15) is 6.33 Å². The molecular weight excluding hydrogens is 252 g/mol. The highest BCUT2D eigenvalue weighted by Crippen LogP contribution is 2.25. The molecule has 1 aromatic carbocycles. The van der Waals surface area contributed by atoms with Crippen LogP contribution in [0.2, 0.25) is 0 Å². The van der Waals surface area contributed by atoms with E-state index in [1.54, 1.807) is 10.9 Å². The highest BCUT2D eigenvalue weighted by molar-refractivity contribution is 5.92. The maximum atomic E-state index is 9.81. The maximum absolute atomic E-state index is 9.81. The molecule has 3 rings (SSSR count). The number of fused-ring (bicyclic) bond motifs is 1. The molecule has 1 atom stereocenters. The van der Waals surface area contributed by atoms with Crippen molar-refractivity contribution >= 4 is 10.9 Å². The molecule has 0 saturated carbocycles. The van der Waals surface area contributed by atoms with E-state index in [1.165, 1.54) is 6.33 Å². The van der Waals surface area contributed by atoms with Crippen molar-refractivity contribution in [1.29, 1.82) is 0 Å². The summed E-state index contributed by atoms with van der Waals surface area (Å²) >= 11 is 0. The van der Waals surface area contributed by atoms with Crippen molar-refractivity contribution in [3.63, 3.8) is 0 Å². The van der Waals surface area contributed by atoms with Crippen LogP contribution in [0, 0.1) is 0 Å². The first-order valence-corrected chi connectivity index (χ1v) is 6.69. The molecule has 20 heavy (non-hydrogen) atoms. The van der Waals surface area contributed by atoms with Gasteiger partial charge in [-0.05, 0) is 18.6 Å². The molecule has 0 aliphatic carbocycles. The van der Waals surface area contributed by atoms with Gasteiger partial charge in [0, 0.05) is 17.1 Å². The van der Waals surface area contributed by atoms with E-state index < -0.39 is 6.10 Å². The molecule has 1 N–H and O–H groups in total. The lowest BCUT2D eigenvalue weighted by atomic mass is 10.1. The lowest BCUT2D eigenvalue weighted by Crippen LogP contribution is -2.16. The number of pyridine rings is 1. The van der Waals surface area contributed by atoms with Crippen molar-refractivity contribution in [3.8, 4) is 11.4 Å². The Labute approximate surface area is 116 Å². The summed E-state index contributed by atoms with van der Waals surface area (Å²) in [5.74, 6) is 0.760. The number of benzene rings is 1. The molecule has 5 nitrogen and oxygen atoms in total. The highest BCUT2D eigenvalue weighted by atomic mass is 16.3. The van der Waals surface area contributed by atoms with E-state index in [0.717, 1.165) is 22.3 Å². The van der Waals surface area contributed by atoms with Gasteiger partial charge in [0.05, 0.1) is 18.2 Å². The lowest BCUT2D eigenvalue weighted by Gasteiger charge is -2.11. The zero-order chi connectivity index (χ0) is 13.9. The molecule has 0 fully saturated rings. The summed E-state index contributed by atoms with van der Waals surface area (Å²) in [4.78, 5) is 8.69. The third kappa shape index (κ3) is 2.28. The van der Waals surface area contributed by atoms with Gasteiger partial charge in [0.15, 0.2) is 5.82 Å². The largest absolute Gasteiger partial charge is 0.391 e. The average molecular weight is 268 g/mol. The second-order valence-electron chi connectivity index (χ2n) is 4.70. The number of hydrogen-bond acceptors (Lipinski definition) is 4. The number of hydrogen-bond donors (Lipinski definition) is 1. The van der Waals surface area contributed by atoms with E-state index in [9.17, 15) is 5.11 Å². The molecular formula is C15H16N4O. The number of aromatic nitrogens is 4. The number of rotatable bonds is 4. The minimum absolute atomic E-state index is 0.413. The van der Waals surface area contributed by atoms with Gasteiger partial charge in [0.2, 0.25) is 0 Å². The second-order valence-corrected chi connectivity index (χ2v) is 4.70. The Balaban J connectivity index is 2.10. The number of aliphatic hydroxyl groups excluding tert-OH is 1. The van der Waals surface area contributed by atoms with Crippen LogP contribution in [0.5, 0.6) is 0 Å². The van der Waals surface area contributed by atoms with Gasteiger partial charge in [-0.25, -0.2) is 9.67 Å². The van der Waals surface area contributed by atoms with E-state index in [2.05, 4.69) is 15.1 Å². The molecule has 3 aromatic rings. The van der Waals surface area contributed by atoms with Crippen LogP contribution in [0.1, 0.15) is 13.3 Å². The fourth-order valence-electron chi connectivity index (χ4n) is 2.23. The first kappa shape index (κ1) is 12.7. The lowest BCUT2D eigenvalue weighted by molar-refractivity contribution is 0.146. The van der Waals surface area contributed by atoms with Crippen molar-refractivity contribution in [3.05, 3.63) is 42.9 Å². The van der Waals surface area contributed by atoms with E-state index >= 15 is 0 Å². The minimum atomic E-state index is -0.413. The predicted octanol–water partition coefficient (Wildman–Crippen LogP) is 2.26. The Bertz CT molecular complexity index is 717. The summed E-state index contributed by atoms with van der Waals surface area (Å²) in [6.45, 7) is 2.39. The predicted molar refractivity (Wildman–Crippen MR) is 77.1 cm³/mol. The average Bonchev–Trinajstić information content (AvgIpc) is 2.94. The van der Waals surface area contributed by atoms with Crippen LogP contribution in [-0.2, 0) is 6.54 Å². The zero-order valence-electron chi connectivity index (χ0n) is 11.3. The third-order valence-corrected chi connectivity index (χ3v) is 3.36. The number of nitrogens with zero attached hydrogens (tertiary/aromatic N) is 4. The van der Waals surface area contributed by atoms with Gasteiger partial charge < -0.3 is 5.11 Å². The van der Waals surface area contributed by atoms with Crippen LogP contribution in [0.4, 0.5) is 0 Å². The number of aliphatic hydroxyl groups is 1. The van der Waals surface area contributed by atoms with Gasteiger partial charge in [-0.1, -0.05) is 25.1 Å². The SMILES string of the molecule is CCC(O)Cn1ncnc1-c1ccnc2ccccc12. The van der Waals surface area contributed by atoms with Crippen molar-refractivity contribution in [2.24, 2.45) is 0 Å². The number of para-hydroxylation sites is 1. The topological polar surface area (TPSA) is 63.8 Å². The van der Waals surface area contributed by atoms with Gasteiger partial charge in [0.25, 0.3) is 0 Å². The van der Waals surface area contributed by atoms with Crippen molar-refractivity contribution < 1.29 is 5.11 Å². The van der Waals surface area contributed by atoms with Crippen molar-refractivity contribution in [1.82, 2.24) is 19.7 Å². The highest BCUT2D eigenvalue weighted by Gasteiger charge is 2.13. The molecule has 0 radical (unpaired) electrons. The van der Waals surface area contributed by atoms with E-state index in [-0.39, 0.29) is 0 Å². The normalized spacial score (nSPS) is 12.7. The molecule has 0 bridgehead atoms. The van der Waals surface area contributed by atoms with Gasteiger partial charge >= 0.3 is 0 Å². The molecule has 0 saturated heterocycles. The molecule has 0 spiro atoms. The Morgan fingerprint density at radius 2 is 2.05 bits per heavy atom. The van der Waals surface area contributed by atoms with Crippen LogP contribution >= 0.6 is 0 Å². The molecule has 1 unspecified atom stereocenters. The summed E-state index contributed by atoms with van der Waals surface area (Å²) in [5, 5.41) is 15.1. The zero-order valence-corrected chi connectivity index (χ0v) is 11.3. The Kier molecular flexibility index (Phi) is 3.43. The Hall–Kier alpha value is -2.27. The van der Waals surface area contributed by atoms with E-state index in [1.807, 2.05) is 37.3 Å². The maximum Gasteiger partial charge on any atom is 0.158 e. The molecule has 2 heterocycles. The van der Waals surface area contributed by atoms with Crippen LogP contribution in [-0.4, -0.2) is 31.0 Å². The first-order chi connectivity index (χ1) is 9.79. The van der Waals surface area contributed by atoms with E-state index in [0.29, 0.717) is 13.0 Å². The van der Waals surface area contributed by atoms with Gasteiger partial charge in [-0.15, -0.1) is 0 Å². The van der Waals surface area contributed by atoms with Gasteiger partial charge in [-0.2, -0.15) is 5.10 Å². The van der Waals surface area contributed by atoms with E-state index in [4.69, 9.17) is 0 Å². The van der Waals surface area contributed by atoms with Crippen molar-refractivity contribution in [2.75, 3.05) is 0 Å². The molecule has 5 heteroatoms. The fourth-order valence-corrected chi connectivity index (χ4v) is 2.23. The summed E-state index contributed by atoms with van der Waals surface area (Å²) in [6, 6.07) is 9.87. The van der Waals surface area contributed by atoms with Crippen LogP contribution in [0.25, 0.3) is 22.3 Å². The summed E-state index contributed by atoms with van der Waals surface area (Å²) in [7, 11) is 0. The van der Waals surface area contributed by atoms with Crippen LogP contribution in [0.15, 0.2) is 42.9 Å². The molecule has 0 aliphatic heterocycles. The minimum Gasteiger partial charge on any atom is -0.391 e. The standard InChI is InChI=1S/C15H16N4O/c1-2-11(20)9-19-15(17-10-18-19)13-7-8-16-14-6-4-3-5-12(13)14/h3-8,10-11,20H,2,9H2,1H3. The second kappa shape index (κ2) is 5.38. The summed E-state index contributed by atoms with van der Waals surface area (Å²) < 4.78 is 1.75. The molecule has 0 aliphatic rings. The van der Waals surface area contributed by atoms with Crippen molar-refractivity contribution in [2.45, 2.75) is 26.0 Å². The van der Waals surface area contributed by atoms with Crippen LogP contribution < -0.4 is 0 Å². The monoisotopic (exact) mass is 268 g/mol. The smallest absolute Gasteiger partial charge is 0.158 e. The first-order valence-electron chi connectivity index (χ1n) is 6.69. The van der Waals surface area contributed by atoms with Gasteiger partial charge in [-0.3, -0.25) is 4.98 Å². The van der Waals surface area contributed by atoms with Crippen LogP contribution in [0.3, 0.4) is 0 Å². The molecule has 102 valence electrons. The Morgan fingerprint density at radius 3 is 2.90 bits per heavy atom. The molecule has 0 amide bonds.